The molecule has 0 aliphatic carbocycles. The summed E-state index contributed by atoms with van der Waals surface area (Å²) in [5, 5.41) is 3.14. The number of carbonyl (C=O) groups is 1. The average molecular weight is 464 g/mol. The lowest BCUT2D eigenvalue weighted by atomic mass is 10.2. The minimum Gasteiger partial charge on any atom is -0.493 e. The number of rotatable bonds is 7. The largest absolute Gasteiger partial charge is 0.493 e. The summed E-state index contributed by atoms with van der Waals surface area (Å²) in [6.07, 6.45) is 3.51. The summed E-state index contributed by atoms with van der Waals surface area (Å²) in [6.45, 7) is 4.14. The lowest BCUT2D eigenvalue weighted by Gasteiger charge is -2.11. The third kappa shape index (κ3) is 4.61. The Morgan fingerprint density at radius 1 is 1.12 bits per heavy atom. The van der Waals surface area contributed by atoms with Gasteiger partial charge in [-0.15, -0.1) is 17.9 Å². The number of benzene rings is 2. The Morgan fingerprint density at radius 3 is 2.62 bits per heavy atom. The van der Waals surface area contributed by atoms with Crippen LogP contribution in [0.25, 0.3) is 17.3 Å². The number of hydrogen-bond donors (Lipinski definition) is 0. The zero-order chi connectivity index (χ0) is 22.5. The van der Waals surface area contributed by atoms with Gasteiger partial charge in [-0.2, -0.15) is 4.99 Å². The summed E-state index contributed by atoms with van der Waals surface area (Å²) in [7, 11) is 3.17. The third-order valence-electron chi connectivity index (χ3n) is 4.66. The molecule has 1 aromatic heterocycles. The molecule has 162 valence electrons. The lowest BCUT2D eigenvalue weighted by Crippen LogP contribution is -2.29. The summed E-state index contributed by atoms with van der Waals surface area (Å²) >= 11 is 2.76. The molecule has 32 heavy (non-hydrogen) atoms. The van der Waals surface area contributed by atoms with E-state index in [1.165, 1.54) is 23.1 Å². The van der Waals surface area contributed by atoms with Crippen LogP contribution >= 0.6 is 23.1 Å². The van der Waals surface area contributed by atoms with Crippen molar-refractivity contribution in [3.63, 3.8) is 0 Å². The molecular formula is C24H21N3O3S2. The highest BCUT2D eigenvalue weighted by molar-refractivity contribution is 8.18. The van der Waals surface area contributed by atoms with Gasteiger partial charge in [0.25, 0.3) is 5.91 Å². The van der Waals surface area contributed by atoms with Gasteiger partial charge < -0.3 is 9.47 Å². The first-order valence-corrected chi connectivity index (χ1v) is 11.5. The van der Waals surface area contributed by atoms with Gasteiger partial charge in [0.05, 0.1) is 24.8 Å². The van der Waals surface area contributed by atoms with Crippen molar-refractivity contribution in [1.29, 1.82) is 0 Å². The number of carbonyl (C=O) groups excluding carboxylic acids is 1. The maximum atomic E-state index is 13.0. The monoisotopic (exact) mass is 463 g/mol. The summed E-state index contributed by atoms with van der Waals surface area (Å²) in [6, 6.07) is 15.5. The van der Waals surface area contributed by atoms with Crippen molar-refractivity contribution in [2.45, 2.75) is 0 Å². The number of aromatic nitrogens is 1. The SMILES string of the molecule is C=CCN1C(=O)/C(=C/c2ccc(OC)c(OC)c2)S/C1=N/c1nc(-c2ccccc2)cs1. The Balaban J connectivity index is 1.64. The number of hydrogen-bond acceptors (Lipinski definition) is 7. The summed E-state index contributed by atoms with van der Waals surface area (Å²) in [4.78, 5) is 24.5. The van der Waals surface area contributed by atoms with Crippen molar-refractivity contribution in [3.05, 3.63) is 77.0 Å². The molecule has 4 rings (SSSR count). The molecule has 8 heteroatoms. The van der Waals surface area contributed by atoms with Gasteiger partial charge in [0.15, 0.2) is 16.7 Å². The number of ether oxygens (including phenoxy) is 2. The number of amidine groups is 1. The Bertz CT molecular complexity index is 1200. The van der Waals surface area contributed by atoms with Crippen LogP contribution in [0.5, 0.6) is 11.5 Å². The topological polar surface area (TPSA) is 64.0 Å². The summed E-state index contributed by atoms with van der Waals surface area (Å²) < 4.78 is 10.7. The minimum absolute atomic E-state index is 0.122. The molecule has 0 bridgehead atoms. The second kappa shape index (κ2) is 9.84. The van der Waals surface area contributed by atoms with Gasteiger partial charge in [-0.25, -0.2) is 4.98 Å². The number of thiazole rings is 1. The Labute approximate surface area is 194 Å². The minimum atomic E-state index is -0.122. The molecule has 6 nitrogen and oxygen atoms in total. The van der Waals surface area contributed by atoms with Crippen molar-refractivity contribution >= 4 is 45.4 Å². The first-order chi connectivity index (χ1) is 15.6. The molecule has 1 aliphatic heterocycles. The molecule has 1 amide bonds. The van der Waals surface area contributed by atoms with Crippen LogP contribution in [0.4, 0.5) is 5.13 Å². The first kappa shape index (κ1) is 21.9. The van der Waals surface area contributed by atoms with E-state index in [2.05, 4.69) is 16.6 Å². The molecule has 0 atom stereocenters. The molecule has 1 aliphatic rings. The fraction of sp³-hybridized carbons (Fsp3) is 0.125. The molecule has 2 aromatic carbocycles. The van der Waals surface area contributed by atoms with E-state index < -0.39 is 0 Å². The average Bonchev–Trinajstić information content (AvgIpc) is 3.40. The van der Waals surface area contributed by atoms with E-state index in [0.29, 0.717) is 33.2 Å². The highest BCUT2D eigenvalue weighted by Crippen LogP contribution is 2.36. The maximum absolute atomic E-state index is 13.0. The smallest absolute Gasteiger partial charge is 0.267 e. The number of methoxy groups -OCH3 is 2. The number of amides is 1. The molecule has 0 unspecified atom stereocenters. The number of thioether (sulfide) groups is 1. The Kier molecular flexibility index (Phi) is 6.72. The van der Waals surface area contributed by atoms with Crippen LogP contribution in [0, 0.1) is 0 Å². The van der Waals surface area contributed by atoms with Crippen LogP contribution < -0.4 is 9.47 Å². The fourth-order valence-electron chi connectivity index (χ4n) is 3.11. The van der Waals surface area contributed by atoms with Gasteiger partial charge in [-0.3, -0.25) is 9.69 Å². The van der Waals surface area contributed by atoms with Gasteiger partial charge in [-0.05, 0) is 35.5 Å². The van der Waals surface area contributed by atoms with E-state index in [-0.39, 0.29) is 5.91 Å². The second-order valence-corrected chi connectivity index (χ2v) is 8.55. The highest BCUT2D eigenvalue weighted by atomic mass is 32.2. The predicted octanol–water partition coefficient (Wildman–Crippen LogP) is 5.62. The van der Waals surface area contributed by atoms with Crippen molar-refractivity contribution in [1.82, 2.24) is 9.88 Å². The maximum Gasteiger partial charge on any atom is 0.267 e. The normalized spacial score (nSPS) is 16.1. The molecule has 1 saturated heterocycles. The standard InChI is InChI=1S/C24H21N3O3S2/c1-4-12-27-22(28)21(14-16-10-11-19(29-2)20(13-16)30-3)32-24(27)26-23-25-18(15-31-23)17-8-6-5-7-9-17/h4-11,13-15H,1,12H2,2-3H3/b21-14-,26-24+. The molecular weight excluding hydrogens is 442 g/mol. The molecule has 1 fully saturated rings. The van der Waals surface area contributed by atoms with Crippen LogP contribution in [-0.2, 0) is 4.79 Å². The zero-order valence-electron chi connectivity index (χ0n) is 17.6. The van der Waals surface area contributed by atoms with E-state index >= 15 is 0 Å². The fourth-order valence-corrected chi connectivity index (χ4v) is 4.86. The van der Waals surface area contributed by atoms with Crippen LogP contribution in [-0.4, -0.2) is 41.7 Å². The van der Waals surface area contributed by atoms with Gasteiger partial charge in [0.2, 0.25) is 5.13 Å². The highest BCUT2D eigenvalue weighted by Gasteiger charge is 2.33. The van der Waals surface area contributed by atoms with Crippen LogP contribution in [0.1, 0.15) is 5.56 Å². The lowest BCUT2D eigenvalue weighted by molar-refractivity contribution is -0.121. The van der Waals surface area contributed by atoms with Crippen molar-refractivity contribution < 1.29 is 14.3 Å². The zero-order valence-corrected chi connectivity index (χ0v) is 19.3. The van der Waals surface area contributed by atoms with Crippen LogP contribution in [0.15, 0.2) is 76.5 Å². The quantitative estimate of drug-likeness (QED) is 0.336. The van der Waals surface area contributed by atoms with E-state index in [9.17, 15) is 4.79 Å². The summed E-state index contributed by atoms with van der Waals surface area (Å²) in [5.74, 6) is 1.11. The van der Waals surface area contributed by atoms with Crippen LogP contribution in [0.2, 0.25) is 0 Å². The Hall–Kier alpha value is -3.36. The van der Waals surface area contributed by atoms with Gasteiger partial charge in [-0.1, -0.05) is 42.5 Å². The molecule has 0 N–H and O–H groups in total. The van der Waals surface area contributed by atoms with Crippen LogP contribution in [0.3, 0.4) is 0 Å². The first-order valence-electron chi connectivity index (χ1n) is 9.77. The second-order valence-electron chi connectivity index (χ2n) is 6.71. The molecule has 0 spiro atoms. The van der Waals surface area contributed by atoms with Crippen molar-refractivity contribution in [2.75, 3.05) is 20.8 Å². The molecule has 2 heterocycles. The van der Waals surface area contributed by atoms with Gasteiger partial charge in [0.1, 0.15) is 0 Å². The molecule has 3 aromatic rings. The van der Waals surface area contributed by atoms with Gasteiger partial charge >= 0.3 is 0 Å². The molecule has 0 radical (unpaired) electrons. The van der Waals surface area contributed by atoms with E-state index in [1.807, 2.05) is 60.0 Å². The third-order valence-corrected chi connectivity index (χ3v) is 6.40. The molecule has 0 saturated carbocycles. The van der Waals surface area contributed by atoms with E-state index in [1.54, 1.807) is 25.2 Å². The number of nitrogens with zero attached hydrogens (tertiary/aromatic N) is 3. The number of aliphatic imine (C=N–C) groups is 1. The van der Waals surface area contributed by atoms with E-state index in [0.717, 1.165) is 16.8 Å². The van der Waals surface area contributed by atoms with Crippen molar-refractivity contribution in [3.8, 4) is 22.8 Å². The summed E-state index contributed by atoms with van der Waals surface area (Å²) in [5.41, 5.74) is 2.72. The predicted molar refractivity (Wildman–Crippen MR) is 132 cm³/mol. The van der Waals surface area contributed by atoms with Crippen molar-refractivity contribution in [2.24, 2.45) is 4.99 Å². The van der Waals surface area contributed by atoms with E-state index in [4.69, 9.17) is 9.47 Å². The van der Waals surface area contributed by atoms with Gasteiger partial charge in [0, 0.05) is 17.5 Å². The Morgan fingerprint density at radius 2 is 1.91 bits per heavy atom.